The summed E-state index contributed by atoms with van der Waals surface area (Å²) < 4.78 is 5.74. The first-order valence-electron chi connectivity index (χ1n) is 7.04. The van der Waals surface area contributed by atoms with Crippen molar-refractivity contribution in [3.8, 4) is 5.75 Å². The van der Waals surface area contributed by atoms with Gasteiger partial charge < -0.3 is 10.1 Å². The highest BCUT2D eigenvalue weighted by Gasteiger charge is 2.18. The van der Waals surface area contributed by atoms with Crippen LogP contribution in [0.2, 0.25) is 0 Å². The summed E-state index contributed by atoms with van der Waals surface area (Å²) in [5.41, 5.74) is 0.487. The molecule has 0 radical (unpaired) electrons. The first-order valence-corrected chi connectivity index (χ1v) is 7.04. The Morgan fingerprint density at radius 1 is 1.16 bits per heavy atom. The Hall–Kier alpha value is -1.51. The molecule has 1 aliphatic rings. The van der Waals surface area contributed by atoms with Crippen LogP contribution in [0.3, 0.4) is 0 Å². The van der Waals surface area contributed by atoms with Gasteiger partial charge in [-0.15, -0.1) is 0 Å². The minimum absolute atomic E-state index is 0.0224. The monoisotopic (exact) mass is 261 g/mol. The van der Waals surface area contributed by atoms with E-state index < -0.39 is 0 Å². The van der Waals surface area contributed by atoms with Crippen LogP contribution in [0.5, 0.6) is 5.75 Å². The van der Waals surface area contributed by atoms with Gasteiger partial charge in [-0.05, 0) is 57.9 Å². The summed E-state index contributed by atoms with van der Waals surface area (Å²) >= 11 is 0. The minimum atomic E-state index is -0.215. The number of benzene rings is 1. The Morgan fingerprint density at radius 2 is 1.74 bits per heavy atom. The molecule has 19 heavy (non-hydrogen) atoms. The predicted octanol–water partition coefficient (Wildman–Crippen LogP) is 3.54. The van der Waals surface area contributed by atoms with E-state index in [-0.39, 0.29) is 11.5 Å². The maximum atomic E-state index is 12.0. The first kappa shape index (κ1) is 13.9. The molecule has 0 heterocycles. The van der Waals surface area contributed by atoms with Crippen molar-refractivity contribution in [2.24, 2.45) is 0 Å². The molecule has 0 unspecified atom stereocenters. The van der Waals surface area contributed by atoms with Gasteiger partial charge in [0.2, 0.25) is 0 Å². The third-order valence-electron chi connectivity index (χ3n) is 3.23. The topological polar surface area (TPSA) is 38.3 Å². The van der Waals surface area contributed by atoms with Crippen molar-refractivity contribution in [2.45, 2.75) is 58.1 Å². The second kappa shape index (κ2) is 5.64. The quantitative estimate of drug-likeness (QED) is 0.903. The van der Waals surface area contributed by atoms with Crippen LogP contribution in [-0.4, -0.2) is 17.6 Å². The lowest BCUT2D eigenvalue weighted by atomic mass is 10.1. The van der Waals surface area contributed by atoms with Crippen LogP contribution in [0, 0.1) is 0 Å². The number of carbonyl (C=O) groups is 1. The average Bonchev–Trinajstić information content (AvgIpc) is 2.80. The van der Waals surface area contributed by atoms with Crippen LogP contribution < -0.4 is 10.1 Å². The molecule has 1 fully saturated rings. The fourth-order valence-corrected chi connectivity index (χ4v) is 2.37. The molecule has 0 aromatic heterocycles. The first-order chi connectivity index (χ1) is 8.94. The predicted molar refractivity (Wildman–Crippen MR) is 76.5 cm³/mol. The van der Waals surface area contributed by atoms with Gasteiger partial charge in [-0.25, -0.2) is 0 Å². The van der Waals surface area contributed by atoms with Gasteiger partial charge in [0.1, 0.15) is 11.4 Å². The summed E-state index contributed by atoms with van der Waals surface area (Å²) in [6, 6.07) is 7.72. The van der Waals surface area contributed by atoms with Gasteiger partial charge in [0.15, 0.2) is 0 Å². The summed E-state index contributed by atoms with van der Waals surface area (Å²) in [7, 11) is 0. The molecular formula is C16H23NO2. The van der Waals surface area contributed by atoms with E-state index in [1.54, 1.807) is 0 Å². The fourth-order valence-electron chi connectivity index (χ4n) is 2.37. The van der Waals surface area contributed by atoms with E-state index in [9.17, 15) is 4.79 Å². The van der Waals surface area contributed by atoms with Crippen LogP contribution in [0.1, 0.15) is 56.8 Å². The van der Waals surface area contributed by atoms with E-state index in [0.717, 1.165) is 18.6 Å². The van der Waals surface area contributed by atoms with Crippen molar-refractivity contribution in [1.82, 2.24) is 5.32 Å². The SMILES string of the molecule is CC(C)(C)Oc1ccc(C(=O)NC2CCCC2)cc1. The maximum absolute atomic E-state index is 12.0. The second-order valence-electron chi connectivity index (χ2n) is 6.19. The number of amides is 1. The van der Waals surface area contributed by atoms with Crippen molar-refractivity contribution in [3.05, 3.63) is 29.8 Å². The maximum Gasteiger partial charge on any atom is 0.251 e. The third-order valence-corrected chi connectivity index (χ3v) is 3.23. The molecule has 1 amide bonds. The standard InChI is InChI=1S/C16H23NO2/c1-16(2,3)19-14-10-8-12(9-11-14)15(18)17-13-6-4-5-7-13/h8-11,13H,4-7H2,1-3H3,(H,17,18). The average molecular weight is 261 g/mol. The lowest BCUT2D eigenvalue weighted by molar-refractivity contribution is 0.0938. The summed E-state index contributed by atoms with van der Waals surface area (Å²) in [4.78, 5) is 12.0. The molecule has 1 aromatic rings. The van der Waals surface area contributed by atoms with E-state index in [4.69, 9.17) is 4.74 Å². The highest BCUT2D eigenvalue weighted by atomic mass is 16.5. The number of nitrogens with one attached hydrogen (secondary N) is 1. The fraction of sp³-hybridized carbons (Fsp3) is 0.562. The Bertz CT molecular complexity index is 425. The summed E-state index contributed by atoms with van der Waals surface area (Å²) in [6.07, 6.45) is 4.67. The molecule has 1 N–H and O–H groups in total. The normalized spacial score (nSPS) is 16.4. The van der Waals surface area contributed by atoms with Crippen molar-refractivity contribution in [1.29, 1.82) is 0 Å². The molecule has 0 saturated heterocycles. The van der Waals surface area contributed by atoms with E-state index in [1.165, 1.54) is 12.8 Å². The Morgan fingerprint density at radius 3 is 2.26 bits per heavy atom. The lowest BCUT2D eigenvalue weighted by Crippen LogP contribution is -2.32. The zero-order chi connectivity index (χ0) is 13.9. The van der Waals surface area contributed by atoms with E-state index in [0.29, 0.717) is 11.6 Å². The van der Waals surface area contributed by atoms with Gasteiger partial charge in [-0.3, -0.25) is 4.79 Å². The molecule has 0 atom stereocenters. The Balaban J connectivity index is 1.95. The van der Waals surface area contributed by atoms with Gasteiger partial charge in [-0.1, -0.05) is 12.8 Å². The molecule has 2 rings (SSSR count). The lowest BCUT2D eigenvalue weighted by Gasteiger charge is -2.21. The molecule has 1 aliphatic carbocycles. The molecule has 0 spiro atoms. The van der Waals surface area contributed by atoms with Crippen LogP contribution >= 0.6 is 0 Å². The van der Waals surface area contributed by atoms with Crippen LogP contribution in [0.25, 0.3) is 0 Å². The van der Waals surface area contributed by atoms with Crippen molar-refractivity contribution in [2.75, 3.05) is 0 Å². The zero-order valence-electron chi connectivity index (χ0n) is 12.0. The molecule has 104 valence electrons. The second-order valence-corrected chi connectivity index (χ2v) is 6.19. The summed E-state index contributed by atoms with van der Waals surface area (Å²) in [6.45, 7) is 6.02. The van der Waals surface area contributed by atoms with Crippen molar-refractivity contribution < 1.29 is 9.53 Å². The van der Waals surface area contributed by atoms with E-state index >= 15 is 0 Å². The number of rotatable bonds is 3. The Kier molecular flexibility index (Phi) is 4.13. The van der Waals surface area contributed by atoms with Crippen LogP contribution in [-0.2, 0) is 0 Å². The molecule has 0 bridgehead atoms. The number of ether oxygens (including phenoxy) is 1. The van der Waals surface area contributed by atoms with Gasteiger partial charge in [-0.2, -0.15) is 0 Å². The number of hydrogen-bond donors (Lipinski definition) is 1. The smallest absolute Gasteiger partial charge is 0.251 e. The summed E-state index contributed by atoms with van der Waals surface area (Å²) in [5.74, 6) is 0.819. The van der Waals surface area contributed by atoms with Crippen molar-refractivity contribution >= 4 is 5.91 Å². The zero-order valence-corrected chi connectivity index (χ0v) is 12.0. The highest BCUT2D eigenvalue weighted by Crippen LogP contribution is 2.20. The third kappa shape index (κ3) is 4.27. The van der Waals surface area contributed by atoms with E-state index in [1.807, 2.05) is 45.0 Å². The molecule has 1 saturated carbocycles. The molecular weight excluding hydrogens is 238 g/mol. The number of hydrogen-bond acceptors (Lipinski definition) is 2. The Labute approximate surface area is 115 Å². The van der Waals surface area contributed by atoms with Crippen molar-refractivity contribution in [3.63, 3.8) is 0 Å². The van der Waals surface area contributed by atoms with Gasteiger partial charge in [0, 0.05) is 11.6 Å². The van der Waals surface area contributed by atoms with E-state index in [2.05, 4.69) is 5.32 Å². The highest BCUT2D eigenvalue weighted by molar-refractivity contribution is 5.94. The molecule has 0 aliphatic heterocycles. The largest absolute Gasteiger partial charge is 0.488 e. The van der Waals surface area contributed by atoms with Crippen LogP contribution in [0.15, 0.2) is 24.3 Å². The van der Waals surface area contributed by atoms with Gasteiger partial charge in [0.05, 0.1) is 0 Å². The minimum Gasteiger partial charge on any atom is -0.488 e. The van der Waals surface area contributed by atoms with Gasteiger partial charge in [0.25, 0.3) is 5.91 Å². The molecule has 1 aromatic carbocycles. The number of carbonyl (C=O) groups excluding carboxylic acids is 1. The van der Waals surface area contributed by atoms with Crippen LogP contribution in [0.4, 0.5) is 0 Å². The molecule has 3 nitrogen and oxygen atoms in total. The van der Waals surface area contributed by atoms with Gasteiger partial charge >= 0.3 is 0 Å². The summed E-state index contributed by atoms with van der Waals surface area (Å²) in [5, 5.41) is 3.08. The molecule has 3 heteroatoms.